The van der Waals surface area contributed by atoms with Crippen molar-refractivity contribution in [1.29, 1.82) is 0 Å². The van der Waals surface area contributed by atoms with E-state index in [-0.39, 0.29) is 131 Å². The van der Waals surface area contributed by atoms with Gasteiger partial charge < -0.3 is 111 Å². The van der Waals surface area contributed by atoms with E-state index in [0.29, 0.717) is 99.8 Å². The fraction of sp³-hybridized carbons (Fsp3) is 0.390. The quantitative estimate of drug-likeness (QED) is 0.0169. The molecule has 11 aliphatic heterocycles. The summed E-state index contributed by atoms with van der Waals surface area (Å²) in [4.78, 5) is 87.2. The van der Waals surface area contributed by atoms with Crippen LogP contribution in [0.5, 0.6) is 0 Å². The summed E-state index contributed by atoms with van der Waals surface area (Å²) in [6, 6.07) is 22.7. The van der Waals surface area contributed by atoms with Gasteiger partial charge in [-0.2, -0.15) is 4.37 Å². The first-order chi connectivity index (χ1) is 66.3. The Morgan fingerprint density at radius 3 is 1.21 bits per heavy atom. The highest BCUT2D eigenvalue weighted by molar-refractivity contribution is 7.10. The van der Waals surface area contributed by atoms with Crippen LogP contribution < -0.4 is 77.7 Å². The van der Waals surface area contributed by atoms with Crippen molar-refractivity contribution in [2.45, 2.75) is 109 Å². The van der Waals surface area contributed by atoms with Crippen molar-refractivity contribution in [3.05, 3.63) is 252 Å². The molecule has 0 bridgehead atoms. The number of likely N-dealkylation sites (tertiary alicyclic amines) is 4. The molecular formula is C100H119F5N24O7S. The third-order valence-corrected chi connectivity index (χ3v) is 27.4. The van der Waals surface area contributed by atoms with Gasteiger partial charge in [0.1, 0.15) is 34.1 Å². The van der Waals surface area contributed by atoms with Gasteiger partial charge in [0.15, 0.2) is 46.5 Å². The predicted octanol–water partition coefficient (Wildman–Crippen LogP) is 14.6. The number of rotatable bonds is 27. The lowest BCUT2D eigenvalue weighted by Crippen LogP contribution is -2.46. The molecule has 0 saturated carbocycles. The van der Waals surface area contributed by atoms with E-state index in [9.17, 15) is 19.2 Å². The number of ether oxygens (including phenoxy) is 3. The Morgan fingerprint density at radius 2 is 0.796 bits per heavy atom. The molecule has 4 amide bonds. The number of fused-ring (bicyclic) bond motifs is 4. The minimum absolute atomic E-state index is 0.00284. The van der Waals surface area contributed by atoms with Crippen molar-refractivity contribution in [3.8, 4) is 0 Å². The number of benzene rings is 3. The molecule has 16 heterocycles. The topological polar surface area (TPSA) is 310 Å². The Labute approximate surface area is 799 Å². The Morgan fingerprint density at radius 1 is 0.423 bits per heavy atom. The third-order valence-electron chi connectivity index (χ3n) is 26.6. The summed E-state index contributed by atoms with van der Waals surface area (Å²) in [5, 5.41) is 30.8. The molecule has 8 aromatic rings. The summed E-state index contributed by atoms with van der Waals surface area (Å²) in [5.41, 5.74) is 11.1. The minimum Gasteiger partial charge on any atom is -0.378 e. The number of morpholine rings is 3. The molecule has 7 fully saturated rings. The van der Waals surface area contributed by atoms with Gasteiger partial charge >= 0.3 is 0 Å². The monoisotopic (exact) mass is 1890 g/mol. The van der Waals surface area contributed by atoms with E-state index in [0.717, 1.165) is 179 Å². The van der Waals surface area contributed by atoms with Crippen molar-refractivity contribution >= 4 is 121 Å². The first-order valence-electron chi connectivity index (χ1n) is 46.6. The largest absolute Gasteiger partial charge is 0.378 e. The summed E-state index contributed by atoms with van der Waals surface area (Å²) >= 11 is 1.28. The maximum absolute atomic E-state index is 15.7. The highest BCUT2D eigenvalue weighted by Gasteiger charge is 2.39. The number of nitrogens with one attached hydrogen (secondary N) is 10. The van der Waals surface area contributed by atoms with Crippen LogP contribution in [-0.2, 0) is 40.4 Å². The molecule has 19 rings (SSSR count). The number of aryl methyl sites for hydroxylation is 1. The predicted molar refractivity (Wildman–Crippen MR) is 530 cm³/mol. The second-order valence-corrected chi connectivity index (χ2v) is 36.1. The Bertz CT molecular complexity index is 5940. The number of aromatic nitrogens is 5. The van der Waals surface area contributed by atoms with E-state index in [4.69, 9.17) is 14.2 Å². The molecule has 0 radical (unpaired) electrons. The van der Waals surface area contributed by atoms with Crippen molar-refractivity contribution < 1.29 is 55.3 Å². The maximum Gasteiger partial charge on any atom is 0.255 e. The second-order valence-electron chi connectivity index (χ2n) is 35.3. The molecule has 4 unspecified atom stereocenters. The van der Waals surface area contributed by atoms with Gasteiger partial charge in [-0.3, -0.25) is 19.2 Å². The zero-order valence-corrected chi connectivity index (χ0v) is 78.6. The van der Waals surface area contributed by atoms with E-state index < -0.39 is 35.0 Å². The number of hydrogen-bond donors (Lipinski definition) is 10. The molecule has 31 nitrogen and oxygen atoms in total. The van der Waals surface area contributed by atoms with E-state index in [2.05, 4.69) is 160 Å². The fourth-order valence-electron chi connectivity index (χ4n) is 18.9. The summed E-state index contributed by atoms with van der Waals surface area (Å²) in [5.74, 6) is -1.97. The van der Waals surface area contributed by atoms with Crippen molar-refractivity contribution in [3.63, 3.8) is 0 Å². The minimum atomic E-state index is -0.572. The summed E-state index contributed by atoms with van der Waals surface area (Å²) in [6.45, 7) is 48.8. The van der Waals surface area contributed by atoms with Crippen LogP contribution in [0.25, 0.3) is 0 Å². The highest BCUT2D eigenvalue weighted by Crippen LogP contribution is 2.41. The standard InChI is InChI=1S/C27H33FN6O2.C26H30F2N6O2.C26H31FN6O2.C21H25FN6OS/c1-4-18(2)34-11-5-6-21(17-34)32(3)26-24(28)22-16-29-27(35)23(22)25(31-26)30-19-7-9-20(10-8-19)33-12-14-36-15-13-33;1-3-16(2)34-8-4-5-17(15-34)30-25-23(28)19-14-29-26(35)22(19)24(32-25)31-21-7-6-18(13-20(21)27)33-9-11-36-12-10-33;1-3-17(2)33-9-5-7-19(16-33)30-25-23(27)21-15-28-26(34)22(21)24(31-25)29-18-6-4-8-20(14-18)32-10-12-35-13-11-32;1-5-13(3)28-8-6-7-14(11-28)27(4)20-18(22)15-10-23-21(29)17(15)19(25-20)24-16-9-12(2)26-30-16/h4,7-10,21H,1-2,5-6,11-17H2,3H3,(H,29,35)(H,30,31);3,6-7,13,17H,1-2,4-5,8-12,14-15H2,(H,29,35)(H2,30,31,32);3-4,6,8,14,19H,1-2,5,7,9-13,15-16H2,(H,28,34)(H2,29,30,31);5,9,14H,1,3,6-8,10-11H2,2,4H3,(H,23,29)(H,24,25). The van der Waals surface area contributed by atoms with Crippen LogP contribution >= 0.6 is 11.5 Å². The average molecular weight is 1900 g/mol. The fourth-order valence-corrected chi connectivity index (χ4v) is 19.5. The van der Waals surface area contributed by atoms with Crippen LogP contribution in [0.15, 0.2) is 173 Å². The lowest BCUT2D eigenvalue weighted by Gasteiger charge is -2.39. The second kappa shape index (κ2) is 43.5. The molecule has 137 heavy (non-hydrogen) atoms. The number of carbonyl (C=O) groups excluding carboxylic acids is 4. The van der Waals surface area contributed by atoms with Crippen LogP contribution in [0.3, 0.4) is 0 Å². The van der Waals surface area contributed by atoms with Gasteiger partial charge in [-0.1, -0.05) is 58.7 Å². The maximum atomic E-state index is 15.7. The van der Waals surface area contributed by atoms with E-state index in [1.54, 1.807) is 30.4 Å². The number of hydrogen-bond acceptors (Lipinski definition) is 28. The molecule has 7 saturated heterocycles. The van der Waals surface area contributed by atoms with Crippen LogP contribution in [-0.4, -0.2) is 237 Å². The molecular weight excluding hydrogens is 1780 g/mol. The van der Waals surface area contributed by atoms with Crippen LogP contribution in [0.4, 0.5) is 108 Å². The Kier molecular flexibility index (Phi) is 30.6. The number of pyridine rings is 4. The average Bonchev–Trinajstić information content (AvgIpc) is 1.75. The molecule has 3 aromatic carbocycles. The van der Waals surface area contributed by atoms with Gasteiger partial charge in [0.05, 0.1) is 73.3 Å². The number of likely N-dealkylation sites (N-methyl/N-ethyl adjacent to an activating group) is 2. The molecule has 0 aliphatic carbocycles. The number of nitrogens with zero attached hydrogens (tertiary/aromatic N) is 14. The zero-order valence-electron chi connectivity index (χ0n) is 77.7. The van der Waals surface area contributed by atoms with Gasteiger partial charge in [0, 0.05) is 230 Å². The number of piperidine rings is 4. The van der Waals surface area contributed by atoms with Crippen molar-refractivity contribution in [2.75, 3.05) is 202 Å². The summed E-state index contributed by atoms with van der Waals surface area (Å²) in [6.07, 6.45) is 14.3. The normalized spacial score (nSPS) is 19.2. The number of anilines is 15. The number of amides is 4. The van der Waals surface area contributed by atoms with Crippen LogP contribution in [0.2, 0.25) is 0 Å². The van der Waals surface area contributed by atoms with Gasteiger partial charge in [-0.05, 0) is 161 Å². The van der Waals surface area contributed by atoms with Crippen molar-refractivity contribution in [1.82, 2.24) is 65.2 Å². The van der Waals surface area contributed by atoms with Crippen LogP contribution in [0, 0.1) is 36.0 Å². The van der Waals surface area contributed by atoms with Gasteiger partial charge in [0.2, 0.25) is 0 Å². The summed E-state index contributed by atoms with van der Waals surface area (Å²) in [7, 11) is 3.72. The van der Waals surface area contributed by atoms with E-state index >= 15 is 22.0 Å². The molecule has 37 heteroatoms. The number of carbonyl (C=O) groups is 4. The van der Waals surface area contributed by atoms with E-state index in [1.807, 2.05) is 96.4 Å². The van der Waals surface area contributed by atoms with Gasteiger partial charge in [0.25, 0.3) is 23.6 Å². The van der Waals surface area contributed by atoms with Crippen LogP contribution in [0.1, 0.15) is 121 Å². The zero-order chi connectivity index (χ0) is 96.2. The highest BCUT2D eigenvalue weighted by atomic mass is 32.1. The van der Waals surface area contributed by atoms with Gasteiger partial charge in [-0.25, -0.2) is 41.9 Å². The molecule has 4 atom stereocenters. The van der Waals surface area contributed by atoms with Crippen molar-refractivity contribution in [2.24, 2.45) is 0 Å². The van der Waals surface area contributed by atoms with Gasteiger partial charge in [-0.15, -0.1) is 0 Å². The summed E-state index contributed by atoms with van der Waals surface area (Å²) < 4.78 is 97.5. The smallest absolute Gasteiger partial charge is 0.255 e. The van der Waals surface area contributed by atoms with E-state index in [1.165, 1.54) is 17.6 Å². The molecule has 5 aromatic heterocycles. The molecule has 10 N–H and O–H groups in total. The SMILES string of the molecule is C=CC(=C)N1CCCC(N(C)c2nc(Nc3cc(C)ns3)c3c(c2F)CNC3=O)C1.C=CC(=C)N1CCCC(N(C)c2nc(Nc3ccc(N4CCOCC4)cc3)c3c(c2F)CNC3=O)C1.C=CC(=C)N1CCCC(Nc2nc(Nc3ccc(N4CCOCC4)cc3F)c3c(c2F)CNC3=O)C1.C=CC(=C)N1CCCC(Nc2nc(Nc3cccc(N4CCOCC4)c3)c3c(c2F)CNC3=O)C1. The first kappa shape index (κ1) is 96.3. The number of allylic oxidation sites excluding steroid dienone is 4. The lowest BCUT2D eigenvalue weighted by atomic mass is 10.0. The Balaban J connectivity index is 0.000000133. The molecule has 0 spiro atoms. The molecule has 11 aliphatic rings. The Hall–Kier alpha value is -13.8. The molecule has 722 valence electrons. The lowest BCUT2D eigenvalue weighted by molar-refractivity contribution is 0.0958. The third kappa shape index (κ3) is 21.9. The first-order valence-corrected chi connectivity index (χ1v) is 47.3. The number of halogens is 5.